The molecule has 0 aliphatic rings. The molecule has 0 aliphatic carbocycles. The van der Waals surface area contributed by atoms with Gasteiger partial charge < -0.3 is 15.7 Å². The van der Waals surface area contributed by atoms with E-state index < -0.39 is 16.0 Å². The van der Waals surface area contributed by atoms with Crippen molar-refractivity contribution in [3.63, 3.8) is 0 Å². The molecule has 26 heavy (non-hydrogen) atoms. The van der Waals surface area contributed by atoms with Gasteiger partial charge in [-0.2, -0.15) is 0 Å². The number of non-ortho nitro benzene ring substituents is 2. The Bertz CT molecular complexity index is 766. The maximum atomic E-state index is 10.7. The second-order valence-corrected chi connectivity index (χ2v) is 6.07. The number of anilines is 2. The van der Waals surface area contributed by atoms with Crippen LogP contribution in [-0.2, 0) is 0 Å². The minimum atomic E-state index is -0.840. The summed E-state index contributed by atoms with van der Waals surface area (Å²) in [6, 6.07) is 7.93. The summed E-state index contributed by atoms with van der Waals surface area (Å²) < 4.78 is 0. The van der Waals surface area contributed by atoms with Crippen LogP contribution in [0.4, 0.5) is 22.7 Å². The fourth-order valence-corrected chi connectivity index (χ4v) is 2.53. The lowest BCUT2D eigenvalue weighted by Gasteiger charge is -2.15. The number of aliphatic hydroxyl groups is 1. The molecule has 0 fully saturated rings. The summed E-state index contributed by atoms with van der Waals surface area (Å²) in [5.74, 6) is 0. The fourth-order valence-electron chi connectivity index (χ4n) is 2.05. The number of halogens is 2. The van der Waals surface area contributed by atoms with Gasteiger partial charge in [0.05, 0.1) is 37.4 Å². The summed E-state index contributed by atoms with van der Waals surface area (Å²) in [4.78, 5) is 20.2. The largest absolute Gasteiger partial charge is 0.389 e. The number of benzene rings is 2. The van der Waals surface area contributed by atoms with Gasteiger partial charge in [0.15, 0.2) is 0 Å². The van der Waals surface area contributed by atoms with Crippen LogP contribution >= 0.6 is 23.2 Å². The zero-order valence-corrected chi connectivity index (χ0v) is 14.7. The third kappa shape index (κ3) is 5.19. The Morgan fingerprint density at radius 2 is 1.27 bits per heavy atom. The second-order valence-electron chi connectivity index (χ2n) is 5.26. The van der Waals surface area contributed by atoms with Crippen molar-refractivity contribution in [2.24, 2.45) is 0 Å². The fraction of sp³-hybridized carbons (Fsp3) is 0.200. The molecular weight excluding hydrogens is 387 g/mol. The third-order valence-corrected chi connectivity index (χ3v) is 4.01. The van der Waals surface area contributed by atoms with Crippen molar-refractivity contribution in [2.75, 3.05) is 23.7 Å². The molecule has 0 heterocycles. The number of nitro groups is 2. The van der Waals surface area contributed by atoms with Gasteiger partial charge in [-0.1, -0.05) is 23.2 Å². The average molecular weight is 401 g/mol. The Balaban J connectivity index is 1.88. The molecule has 0 unspecified atom stereocenters. The number of hydrogen-bond acceptors (Lipinski definition) is 7. The van der Waals surface area contributed by atoms with Gasteiger partial charge in [0.25, 0.3) is 11.4 Å². The second kappa shape index (κ2) is 8.65. The standard InChI is InChI=1S/C15H14Cl2N4O5/c16-12-5-9(20(23)24)1-3-14(12)18-7-11(22)8-19-15-4-2-10(21(25)26)6-13(15)17/h1-6,11,18-19,22H,7-8H2. The van der Waals surface area contributed by atoms with E-state index in [0.717, 1.165) is 0 Å². The smallest absolute Gasteiger partial charge is 0.271 e. The van der Waals surface area contributed by atoms with E-state index >= 15 is 0 Å². The summed E-state index contributed by atoms with van der Waals surface area (Å²) in [5.41, 5.74) is 0.639. The molecule has 0 aliphatic heterocycles. The van der Waals surface area contributed by atoms with Gasteiger partial charge in [0.1, 0.15) is 0 Å². The molecule has 0 bridgehead atoms. The van der Waals surface area contributed by atoms with E-state index in [-0.39, 0.29) is 34.5 Å². The van der Waals surface area contributed by atoms with Crippen LogP contribution < -0.4 is 10.6 Å². The Labute approximate surface area is 157 Å². The molecule has 0 radical (unpaired) electrons. The predicted octanol–water partition coefficient (Wildman–Crippen LogP) is 3.69. The minimum Gasteiger partial charge on any atom is -0.389 e. The Hall–Kier alpha value is -2.62. The highest BCUT2D eigenvalue weighted by Gasteiger charge is 2.12. The first kappa shape index (κ1) is 19.7. The summed E-state index contributed by atoms with van der Waals surface area (Å²) in [6.45, 7) is 0.240. The SMILES string of the molecule is O=[N+]([O-])c1ccc(NCC(O)CNc2ccc([N+](=O)[O-])cc2Cl)c(Cl)c1. The van der Waals surface area contributed by atoms with Gasteiger partial charge in [-0.05, 0) is 12.1 Å². The van der Waals surface area contributed by atoms with Crippen LogP contribution in [0.3, 0.4) is 0 Å². The molecule has 0 atom stereocenters. The normalized spacial score (nSPS) is 10.6. The van der Waals surface area contributed by atoms with Gasteiger partial charge in [0.2, 0.25) is 0 Å². The summed E-state index contributed by atoms with van der Waals surface area (Å²) in [7, 11) is 0. The predicted molar refractivity (Wildman–Crippen MR) is 99.2 cm³/mol. The Morgan fingerprint density at radius 1 is 0.885 bits per heavy atom. The average Bonchev–Trinajstić information content (AvgIpc) is 2.59. The number of hydrogen-bond donors (Lipinski definition) is 3. The molecule has 3 N–H and O–H groups in total. The molecule has 11 heteroatoms. The van der Waals surface area contributed by atoms with Crippen LogP contribution in [0.25, 0.3) is 0 Å². The number of aliphatic hydroxyl groups excluding tert-OH is 1. The highest BCUT2D eigenvalue weighted by Crippen LogP contribution is 2.27. The van der Waals surface area contributed by atoms with Crippen molar-refractivity contribution in [1.29, 1.82) is 0 Å². The van der Waals surface area contributed by atoms with Crippen LogP contribution in [0.2, 0.25) is 10.0 Å². The molecule has 138 valence electrons. The lowest BCUT2D eigenvalue weighted by atomic mass is 10.2. The lowest BCUT2D eigenvalue weighted by molar-refractivity contribution is -0.385. The molecule has 2 aromatic rings. The highest BCUT2D eigenvalue weighted by atomic mass is 35.5. The molecule has 0 aromatic heterocycles. The first-order valence-corrected chi connectivity index (χ1v) is 8.07. The van der Waals surface area contributed by atoms with E-state index in [1.807, 2.05) is 0 Å². The van der Waals surface area contributed by atoms with E-state index in [2.05, 4.69) is 10.6 Å². The third-order valence-electron chi connectivity index (χ3n) is 3.38. The molecule has 2 aromatic carbocycles. The van der Waals surface area contributed by atoms with Crippen LogP contribution in [-0.4, -0.2) is 34.1 Å². The number of nitrogens with one attached hydrogen (secondary N) is 2. The van der Waals surface area contributed by atoms with Crippen molar-refractivity contribution in [2.45, 2.75) is 6.10 Å². The van der Waals surface area contributed by atoms with Crippen LogP contribution in [0.1, 0.15) is 0 Å². The Kier molecular flexibility index (Phi) is 6.56. The van der Waals surface area contributed by atoms with E-state index in [9.17, 15) is 25.3 Å². The van der Waals surface area contributed by atoms with E-state index in [4.69, 9.17) is 23.2 Å². The summed E-state index contributed by atoms with van der Waals surface area (Å²) in [6.07, 6.45) is -0.840. The van der Waals surface area contributed by atoms with Crippen LogP contribution in [0.5, 0.6) is 0 Å². The maximum absolute atomic E-state index is 10.7. The van der Waals surface area contributed by atoms with Crippen molar-refractivity contribution in [3.05, 3.63) is 66.7 Å². The van der Waals surface area contributed by atoms with E-state index in [0.29, 0.717) is 11.4 Å². The van der Waals surface area contributed by atoms with Crippen molar-refractivity contribution >= 4 is 46.0 Å². The molecule has 0 amide bonds. The molecule has 0 spiro atoms. The summed E-state index contributed by atoms with van der Waals surface area (Å²) in [5, 5.41) is 37.4. The van der Waals surface area contributed by atoms with Crippen molar-refractivity contribution < 1.29 is 15.0 Å². The van der Waals surface area contributed by atoms with Crippen molar-refractivity contribution in [1.82, 2.24) is 0 Å². The van der Waals surface area contributed by atoms with E-state index in [1.165, 1.54) is 36.4 Å². The van der Waals surface area contributed by atoms with Gasteiger partial charge in [-0.25, -0.2) is 0 Å². The molecule has 0 saturated heterocycles. The minimum absolute atomic E-state index is 0.120. The Morgan fingerprint density at radius 3 is 1.58 bits per heavy atom. The van der Waals surface area contributed by atoms with Gasteiger partial charge in [-0.15, -0.1) is 0 Å². The van der Waals surface area contributed by atoms with Gasteiger partial charge in [0, 0.05) is 37.4 Å². The number of nitro benzene ring substituents is 2. The molecular formula is C15H14Cl2N4O5. The topological polar surface area (TPSA) is 131 Å². The van der Waals surface area contributed by atoms with Gasteiger partial charge in [-0.3, -0.25) is 20.2 Å². The molecule has 9 nitrogen and oxygen atoms in total. The monoisotopic (exact) mass is 400 g/mol. The van der Waals surface area contributed by atoms with Gasteiger partial charge >= 0.3 is 0 Å². The number of rotatable bonds is 8. The first-order valence-electron chi connectivity index (χ1n) is 7.31. The highest BCUT2D eigenvalue weighted by molar-refractivity contribution is 6.33. The maximum Gasteiger partial charge on any atom is 0.271 e. The first-order chi connectivity index (χ1) is 12.3. The molecule has 0 saturated carbocycles. The summed E-state index contributed by atoms with van der Waals surface area (Å²) >= 11 is 11.9. The van der Waals surface area contributed by atoms with Crippen LogP contribution in [0.15, 0.2) is 36.4 Å². The quantitative estimate of drug-likeness (QED) is 0.454. The van der Waals surface area contributed by atoms with Crippen molar-refractivity contribution in [3.8, 4) is 0 Å². The lowest BCUT2D eigenvalue weighted by Crippen LogP contribution is -2.27. The van der Waals surface area contributed by atoms with Crippen LogP contribution in [0, 0.1) is 20.2 Å². The molecule has 2 rings (SSSR count). The van der Waals surface area contributed by atoms with E-state index in [1.54, 1.807) is 0 Å². The number of nitrogens with zero attached hydrogens (tertiary/aromatic N) is 2. The zero-order chi connectivity index (χ0) is 19.3. The zero-order valence-electron chi connectivity index (χ0n) is 13.2.